The summed E-state index contributed by atoms with van der Waals surface area (Å²) in [5, 5.41) is 9.95. The molecule has 0 spiro atoms. The average Bonchev–Trinajstić information content (AvgIpc) is 2.28. The van der Waals surface area contributed by atoms with Crippen molar-refractivity contribution >= 4 is 50.1 Å². The number of nitrogens with one attached hydrogen (secondary N) is 1. The Bertz CT molecular complexity index is 645. The lowest BCUT2D eigenvalue weighted by atomic mass is 10.2. The number of halogens is 3. The van der Waals surface area contributed by atoms with Crippen LogP contribution >= 0.6 is 50.1 Å². The Labute approximate surface area is 123 Å². The van der Waals surface area contributed by atoms with Gasteiger partial charge in [-0.15, -0.1) is 0 Å². The summed E-state index contributed by atoms with van der Waals surface area (Å²) in [5.41, 5.74) is 0.147. The van der Waals surface area contributed by atoms with Gasteiger partial charge in [0.1, 0.15) is 9.39 Å². The predicted molar refractivity (Wildman–Crippen MR) is 77.4 cm³/mol. The monoisotopic (exact) mass is 426 g/mol. The molecule has 0 aliphatic heterocycles. The van der Waals surface area contributed by atoms with E-state index >= 15 is 0 Å². The fourth-order valence-corrected chi connectivity index (χ4v) is 2.08. The van der Waals surface area contributed by atoms with Gasteiger partial charge in [0.05, 0.1) is 5.02 Å². The first kappa shape index (κ1) is 12.8. The van der Waals surface area contributed by atoms with Crippen molar-refractivity contribution in [2.75, 3.05) is 0 Å². The second-order valence-electron chi connectivity index (χ2n) is 3.18. The summed E-state index contributed by atoms with van der Waals surface area (Å²) in [6, 6.07) is 5.17. The smallest absolute Gasteiger partial charge is 0.268 e. The molecule has 0 bridgehead atoms. The minimum absolute atomic E-state index is 0.150. The van der Waals surface area contributed by atoms with E-state index < -0.39 is 5.56 Å². The van der Waals surface area contributed by atoms with E-state index in [9.17, 15) is 9.90 Å². The molecule has 0 aliphatic rings. The topological polar surface area (TPSA) is 66.0 Å². The molecule has 0 saturated carbocycles. The molecule has 7 heteroatoms. The average molecular weight is 427 g/mol. The molecule has 1 aromatic carbocycles. The van der Waals surface area contributed by atoms with Crippen molar-refractivity contribution in [1.29, 1.82) is 0 Å². The maximum Gasteiger partial charge on any atom is 0.268 e. The van der Waals surface area contributed by atoms with Gasteiger partial charge in [0.15, 0.2) is 0 Å². The summed E-state index contributed by atoms with van der Waals surface area (Å²) >= 11 is 11.0. The number of nitrogens with zero attached hydrogens (tertiary/aromatic N) is 1. The number of hydrogen-bond acceptors (Lipinski definition) is 3. The van der Waals surface area contributed by atoms with E-state index in [-0.39, 0.29) is 15.3 Å². The number of rotatable bonds is 1. The number of aromatic amines is 1. The fourth-order valence-electron chi connectivity index (χ4n) is 1.25. The van der Waals surface area contributed by atoms with Crippen LogP contribution in [-0.2, 0) is 0 Å². The second-order valence-corrected chi connectivity index (χ2v) is 5.58. The Morgan fingerprint density at radius 3 is 2.82 bits per heavy atom. The lowest BCUT2D eigenvalue weighted by Crippen LogP contribution is -2.12. The molecule has 17 heavy (non-hydrogen) atoms. The van der Waals surface area contributed by atoms with Gasteiger partial charge in [-0.3, -0.25) is 4.79 Å². The zero-order chi connectivity index (χ0) is 12.6. The van der Waals surface area contributed by atoms with Crippen molar-refractivity contribution in [2.24, 2.45) is 0 Å². The van der Waals surface area contributed by atoms with Crippen LogP contribution in [0.1, 0.15) is 0 Å². The van der Waals surface area contributed by atoms with Crippen LogP contribution in [0.25, 0.3) is 11.4 Å². The molecule has 1 heterocycles. The fraction of sp³-hybridized carbons (Fsp3) is 0. The Kier molecular flexibility index (Phi) is 3.74. The molecule has 0 aliphatic carbocycles. The van der Waals surface area contributed by atoms with Crippen LogP contribution in [0.4, 0.5) is 0 Å². The molecule has 0 amide bonds. The summed E-state index contributed by atoms with van der Waals surface area (Å²) in [4.78, 5) is 18.0. The van der Waals surface area contributed by atoms with E-state index in [1.54, 1.807) is 40.8 Å². The zero-order valence-electron chi connectivity index (χ0n) is 8.17. The maximum atomic E-state index is 11.5. The maximum absolute atomic E-state index is 11.5. The lowest BCUT2D eigenvalue weighted by molar-refractivity contribution is 0.447. The van der Waals surface area contributed by atoms with Crippen LogP contribution in [0.3, 0.4) is 0 Å². The quantitative estimate of drug-likeness (QED) is 0.688. The Morgan fingerprint density at radius 1 is 1.47 bits per heavy atom. The van der Waals surface area contributed by atoms with Crippen molar-refractivity contribution in [3.63, 3.8) is 0 Å². The van der Waals surface area contributed by atoms with Crippen molar-refractivity contribution in [3.8, 4) is 17.3 Å². The molecule has 2 N–H and O–H groups in total. The minimum Gasteiger partial charge on any atom is -0.492 e. The molecule has 0 fully saturated rings. The largest absolute Gasteiger partial charge is 0.492 e. The van der Waals surface area contributed by atoms with Gasteiger partial charge in [-0.25, -0.2) is 0 Å². The molecule has 4 nitrogen and oxygen atoms in total. The van der Waals surface area contributed by atoms with Gasteiger partial charge in [-0.1, -0.05) is 27.5 Å². The summed E-state index contributed by atoms with van der Waals surface area (Å²) < 4.78 is 0.954. The van der Waals surface area contributed by atoms with Crippen molar-refractivity contribution in [2.45, 2.75) is 0 Å². The van der Waals surface area contributed by atoms with E-state index in [1.807, 2.05) is 0 Å². The van der Waals surface area contributed by atoms with Crippen LogP contribution in [0.2, 0.25) is 5.02 Å². The third-order valence-corrected chi connectivity index (χ3v) is 3.82. The first-order chi connectivity index (χ1) is 7.99. The van der Waals surface area contributed by atoms with E-state index in [0.717, 1.165) is 4.47 Å². The van der Waals surface area contributed by atoms with Gasteiger partial charge in [0.25, 0.3) is 5.56 Å². The summed E-state index contributed by atoms with van der Waals surface area (Å²) in [5.74, 6) is -0.0698. The molecule has 2 aromatic rings. The van der Waals surface area contributed by atoms with Crippen LogP contribution < -0.4 is 5.56 Å². The standard InChI is InChI=1S/C10H5BrClIN2O2/c11-4-1-2-6(12)5(3-4)8-14-9(16)7(13)10(17)15-8/h1-3H,(H2,14,15,16,17). The highest BCUT2D eigenvalue weighted by Gasteiger charge is 2.11. The van der Waals surface area contributed by atoms with Gasteiger partial charge in [-0.2, -0.15) is 4.98 Å². The lowest BCUT2D eigenvalue weighted by Gasteiger charge is -2.05. The van der Waals surface area contributed by atoms with E-state index in [1.165, 1.54) is 0 Å². The van der Waals surface area contributed by atoms with Crippen LogP contribution in [-0.4, -0.2) is 15.1 Å². The number of hydrogen-bond donors (Lipinski definition) is 2. The molecule has 88 valence electrons. The van der Waals surface area contributed by atoms with Gasteiger partial charge in [0.2, 0.25) is 5.88 Å². The highest BCUT2D eigenvalue weighted by molar-refractivity contribution is 14.1. The first-order valence-electron chi connectivity index (χ1n) is 4.43. The third-order valence-electron chi connectivity index (χ3n) is 2.03. The van der Waals surface area contributed by atoms with E-state index in [0.29, 0.717) is 10.6 Å². The molecule has 2 rings (SSSR count). The Hall–Kier alpha value is -0.600. The van der Waals surface area contributed by atoms with Crippen molar-refractivity contribution in [3.05, 3.63) is 41.6 Å². The van der Waals surface area contributed by atoms with Crippen LogP contribution in [0, 0.1) is 3.57 Å². The number of aromatic hydroxyl groups is 1. The van der Waals surface area contributed by atoms with Gasteiger partial charge in [0, 0.05) is 10.0 Å². The molecule has 0 radical (unpaired) electrons. The minimum atomic E-state index is -0.399. The highest BCUT2D eigenvalue weighted by atomic mass is 127. The number of aromatic nitrogens is 2. The van der Waals surface area contributed by atoms with E-state index in [2.05, 4.69) is 25.9 Å². The van der Waals surface area contributed by atoms with Crippen LogP contribution in [0.5, 0.6) is 5.88 Å². The Morgan fingerprint density at radius 2 is 2.18 bits per heavy atom. The van der Waals surface area contributed by atoms with Gasteiger partial charge in [-0.05, 0) is 40.8 Å². The first-order valence-corrected chi connectivity index (χ1v) is 6.68. The predicted octanol–water partition coefficient (Wildman–Crippen LogP) is 3.16. The van der Waals surface area contributed by atoms with Gasteiger partial charge >= 0.3 is 0 Å². The normalized spacial score (nSPS) is 10.5. The second kappa shape index (κ2) is 4.95. The summed E-state index contributed by atoms with van der Waals surface area (Å²) in [6.45, 7) is 0. The van der Waals surface area contributed by atoms with Crippen molar-refractivity contribution in [1.82, 2.24) is 9.97 Å². The molecule has 0 atom stereocenters. The van der Waals surface area contributed by atoms with E-state index in [4.69, 9.17) is 11.6 Å². The van der Waals surface area contributed by atoms with Crippen molar-refractivity contribution < 1.29 is 5.11 Å². The van der Waals surface area contributed by atoms with Gasteiger partial charge < -0.3 is 10.1 Å². The molecule has 0 unspecified atom stereocenters. The molecular weight excluding hydrogens is 422 g/mol. The zero-order valence-corrected chi connectivity index (χ0v) is 12.7. The molecule has 0 saturated heterocycles. The SMILES string of the molecule is O=c1[nH]c(-c2cc(Br)ccc2Cl)nc(O)c1I. The number of H-pyrrole nitrogens is 1. The number of benzene rings is 1. The highest BCUT2D eigenvalue weighted by Crippen LogP contribution is 2.29. The third kappa shape index (κ3) is 2.63. The van der Waals surface area contributed by atoms with Crippen LogP contribution in [0.15, 0.2) is 27.5 Å². The summed E-state index contributed by atoms with van der Waals surface area (Å²) in [6.07, 6.45) is 0. The molecular formula is C10H5BrClIN2O2. The summed E-state index contributed by atoms with van der Waals surface area (Å²) in [7, 11) is 0. The Balaban J connectivity index is 2.69. The molecule has 1 aromatic heterocycles.